The van der Waals surface area contributed by atoms with Crippen molar-refractivity contribution in [2.24, 2.45) is 0 Å². The van der Waals surface area contributed by atoms with Crippen LogP contribution in [0.4, 0.5) is 0 Å². The topological polar surface area (TPSA) is 85.5 Å². The number of ether oxygens (including phenoxy) is 1. The predicted molar refractivity (Wildman–Crippen MR) is 78.5 cm³/mol. The van der Waals surface area contributed by atoms with Gasteiger partial charge in [-0.15, -0.1) is 0 Å². The van der Waals surface area contributed by atoms with Crippen LogP contribution in [0.2, 0.25) is 0 Å². The zero-order valence-electron chi connectivity index (χ0n) is 12.4. The third-order valence-corrected chi connectivity index (χ3v) is 5.37. The van der Waals surface area contributed by atoms with E-state index < -0.39 is 10.0 Å². The number of sulfonamides is 1. The van der Waals surface area contributed by atoms with Crippen molar-refractivity contribution in [1.82, 2.24) is 14.4 Å². The van der Waals surface area contributed by atoms with Crippen molar-refractivity contribution in [1.29, 1.82) is 0 Å². The zero-order valence-corrected chi connectivity index (χ0v) is 13.2. The molecule has 3 rings (SSSR count). The van der Waals surface area contributed by atoms with Gasteiger partial charge < -0.3 is 9.26 Å². The summed E-state index contributed by atoms with van der Waals surface area (Å²) in [6, 6.07) is 6.37. The van der Waals surface area contributed by atoms with Crippen LogP contribution in [-0.2, 0) is 14.8 Å². The van der Waals surface area contributed by atoms with Crippen LogP contribution >= 0.6 is 0 Å². The van der Waals surface area contributed by atoms with E-state index >= 15 is 0 Å². The van der Waals surface area contributed by atoms with Crippen LogP contribution in [0.1, 0.15) is 24.8 Å². The van der Waals surface area contributed by atoms with Crippen LogP contribution in [0.25, 0.3) is 11.5 Å². The molecule has 0 aliphatic carbocycles. The third-order valence-electron chi connectivity index (χ3n) is 3.54. The Hall–Kier alpha value is -1.77. The Morgan fingerprint density at radius 1 is 1.23 bits per heavy atom. The minimum Gasteiger partial charge on any atom is -0.370 e. The monoisotopic (exact) mass is 323 g/mol. The molecule has 2 heterocycles. The van der Waals surface area contributed by atoms with Crippen molar-refractivity contribution in [3.05, 3.63) is 30.1 Å². The number of nitrogens with zero attached hydrogens (tertiary/aromatic N) is 3. The van der Waals surface area contributed by atoms with Crippen molar-refractivity contribution in [3.8, 4) is 11.5 Å². The Labute approximate surface area is 128 Å². The van der Waals surface area contributed by atoms with E-state index in [4.69, 9.17) is 9.26 Å². The summed E-state index contributed by atoms with van der Waals surface area (Å²) in [6.45, 7) is 0.714. The van der Waals surface area contributed by atoms with Gasteiger partial charge in [0, 0.05) is 26.3 Å². The highest BCUT2D eigenvalue weighted by molar-refractivity contribution is 7.89. The molecule has 1 aromatic heterocycles. The predicted octanol–water partition coefficient (Wildman–Crippen LogP) is 1.84. The normalized spacial score (nSPS) is 19.0. The second-order valence-electron chi connectivity index (χ2n) is 5.27. The molecule has 0 bridgehead atoms. The molecule has 118 valence electrons. The molecular formula is C14H17N3O4S. The quantitative estimate of drug-likeness (QED) is 0.853. The summed E-state index contributed by atoms with van der Waals surface area (Å²) in [5.74, 6) is 0.900. The second kappa shape index (κ2) is 5.79. The van der Waals surface area contributed by atoms with Gasteiger partial charge in [0.05, 0.1) is 4.90 Å². The van der Waals surface area contributed by atoms with Crippen molar-refractivity contribution in [2.45, 2.75) is 23.8 Å². The van der Waals surface area contributed by atoms with Crippen LogP contribution in [0.5, 0.6) is 0 Å². The van der Waals surface area contributed by atoms with Gasteiger partial charge in [-0.25, -0.2) is 12.7 Å². The van der Waals surface area contributed by atoms with Crippen LogP contribution < -0.4 is 0 Å². The first-order valence-electron chi connectivity index (χ1n) is 6.96. The molecule has 0 radical (unpaired) electrons. The second-order valence-corrected chi connectivity index (χ2v) is 7.42. The van der Waals surface area contributed by atoms with E-state index in [2.05, 4.69) is 10.1 Å². The van der Waals surface area contributed by atoms with E-state index in [-0.39, 0.29) is 11.0 Å². The van der Waals surface area contributed by atoms with Crippen LogP contribution in [0.3, 0.4) is 0 Å². The zero-order chi connectivity index (χ0) is 15.7. The van der Waals surface area contributed by atoms with E-state index in [0.717, 1.165) is 12.8 Å². The van der Waals surface area contributed by atoms with Gasteiger partial charge in [0.1, 0.15) is 6.10 Å². The van der Waals surface area contributed by atoms with E-state index in [1.165, 1.54) is 30.5 Å². The van der Waals surface area contributed by atoms with E-state index in [1.54, 1.807) is 12.1 Å². The molecule has 0 amide bonds. The minimum absolute atomic E-state index is 0.106. The van der Waals surface area contributed by atoms with Gasteiger partial charge in [0.15, 0.2) is 0 Å². The lowest BCUT2D eigenvalue weighted by atomic mass is 10.2. The molecule has 0 saturated carbocycles. The Morgan fingerprint density at radius 3 is 2.55 bits per heavy atom. The highest BCUT2D eigenvalue weighted by Gasteiger charge is 2.24. The summed E-state index contributed by atoms with van der Waals surface area (Å²) in [7, 11) is -0.447. The van der Waals surface area contributed by atoms with Gasteiger partial charge in [-0.2, -0.15) is 4.98 Å². The molecule has 1 unspecified atom stereocenters. The Bertz CT molecular complexity index is 747. The molecule has 8 heteroatoms. The molecular weight excluding hydrogens is 306 g/mol. The number of hydrogen-bond donors (Lipinski definition) is 0. The fourth-order valence-corrected chi connectivity index (χ4v) is 3.15. The molecule has 1 saturated heterocycles. The van der Waals surface area contributed by atoms with Crippen molar-refractivity contribution in [3.63, 3.8) is 0 Å². The van der Waals surface area contributed by atoms with Gasteiger partial charge >= 0.3 is 0 Å². The smallest absolute Gasteiger partial charge is 0.258 e. The first-order valence-corrected chi connectivity index (χ1v) is 8.40. The molecule has 2 aromatic rings. The van der Waals surface area contributed by atoms with Crippen molar-refractivity contribution in [2.75, 3.05) is 20.7 Å². The molecule has 1 fully saturated rings. The lowest BCUT2D eigenvalue weighted by Gasteiger charge is -2.10. The molecule has 0 spiro atoms. The van der Waals surface area contributed by atoms with Gasteiger partial charge in [-0.1, -0.05) is 5.16 Å². The highest BCUT2D eigenvalue weighted by Crippen LogP contribution is 2.28. The average molecular weight is 323 g/mol. The van der Waals surface area contributed by atoms with E-state index in [9.17, 15) is 8.42 Å². The van der Waals surface area contributed by atoms with E-state index in [1.807, 2.05) is 0 Å². The van der Waals surface area contributed by atoms with Crippen LogP contribution in [0.15, 0.2) is 33.7 Å². The van der Waals surface area contributed by atoms with Gasteiger partial charge in [0.2, 0.25) is 15.8 Å². The lowest BCUT2D eigenvalue weighted by Crippen LogP contribution is -2.22. The maximum atomic E-state index is 12.0. The maximum Gasteiger partial charge on any atom is 0.258 e. The molecule has 1 aromatic carbocycles. The van der Waals surface area contributed by atoms with Crippen LogP contribution in [-0.4, -0.2) is 43.6 Å². The van der Waals surface area contributed by atoms with Crippen molar-refractivity contribution >= 4 is 10.0 Å². The molecule has 0 N–H and O–H groups in total. The molecule has 7 nitrogen and oxygen atoms in total. The Morgan fingerprint density at radius 2 is 1.95 bits per heavy atom. The lowest BCUT2D eigenvalue weighted by molar-refractivity contribution is 0.103. The third kappa shape index (κ3) is 2.77. The fraction of sp³-hybridized carbons (Fsp3) is 0.429. The molecule has 22 heavy (non-hydrogen) atoms. The summed E-state index contributed by atoms with van der Waals surface area (Å²) in [5.41, 5.74) is 0.675. The summed E-state index contributed by atoms with van der Waals surface area (Å²) in [6.07, 6.45) is 1.77. The summed E-state index contributed by atoms with van der Waals surface area (Å²) in [5, 5.41) is 3.94. The Kier molecular flexibility index (Phi) is 3.98. The molecule has 1 aliphatic rings. The number of aromatic nitrogens is 2. The Balaban J connectivity index is 1.84. The molecule has 1 atom stereocenters. The number of benzene rings is 1. The first kappa shape index (κ1) is 15.1. The van der Waals surface area contributed by atoms with Gasteiger partial charge in [0.25, 0.3) is 5.89 Å². The summed E-state index contributed by atoms with van der Waals surface area (Å²) in [4.78, 5) is 4.55. The van der Waals surface area contributed by atoms with E-state index in [0.29, 0.717) is 23.9 Å². The van der Waals surface area contributed by atoms with Gasteiger partial charge in [-0.3, -0.25) is 0 Å². The van der Waals surface area contributed by atoms with Gasteiger partial charge in [-0.05, 0) is 37.1 Å². The number of rotatable bonds is 4. The fourth-order valence-electron chi connectivity index (χ4n) is 2.24. The summed E-state index contributed by atoms with van der Waals surface area (Å²) >= 11 is 0. The first-order chi connectivity index (χ1) is 10.5. The standard InChI is InChI=1S/C14H17N3O4S/c1-17(2)22(18,19)11-7-5-10(6-8-11)14-15-13(16-21-14)12-4-3-9-20-12/h5-8,12H,3-4,9H2,1-2H3. The number of hydrogen-bond acceptors (Lipinski definition) is 6. The van der Waals surface area contributed by atoms with Crippen LogP contribution in [0, 0.1) is 0 Å². The SMILES string of the molecule is CN(C)S(=O)(=O)c1ccc(-c2nc(C3CCCO3)no2)cc1. The minimum atomic E-state index is -3.44. The largest absolute Gasteiger partial charge is 0.370 e. The maximum absolute atomic E-state index is 12.0. The van der Waals surface area contributed by atoms with Crippen molar-refractivity contribution < 1.29 is 17.7 Å². The highest BCUT2D eigenvalue weighted by atomic mass is 32.2. The molecule has 1 aliphatic heterocycles. The average Bonchev–Trinajstić information content (AvgIpc) is 3.18. The summed E-state index contributed by atoms with van der Waals surface area (Å²) < 4.78 is 35.9.